The third-order valence-electron chi connectivity index (χ3n) is 1.74. The van der Waals surface area contributed by atoms with E-state index in [-0.39, 0.29) is 15.6 Å². The second-order valence-corrected chi connectivity index (χ2v) is 8.00. The smallest absolute Gasteiger partial charge is 0.345 e. The highest BCUT2D eigenvalue weighted by Crippen LogP contribution is 2.21. The van der Waals surface area contributed by atoms with Crippen molar-refractivity contribution in [1.82, 2.24) is 4.72 Å². The third kappa shape index (κ3) is 4.34. The lowest BCUT2D eigenvalue weighted by atomic mass is 10.5. The second-order valence-electron chi connectivity index (χ2n) is 3.19. The van der Waals surface area contributed by atoms with Crippen LogP contribution in [0.3, 0.4) is 0 Å². The quantitative estimate of drug-likeness (QED) is 0.615. The molecule has 0 fully saturated rings. The van der Waals surface area contributed by atoms with Gasteiger partial charge in [0.05, 0.1) is 5.75 Å². The molecule has 0 aromatic carbocycles. The minimum atomic E-state index is -3.91. The molecule has 18 heavy (non-hydrogen) atoms. The van der Waals surface area contributed by atoms with Crippen molar-refractivity contribution < 1.29 is 26.7 Å². The average molecular weight is 314 g/mol. The van der Waals surface area contributed by atoms with E-state index in [2.05, 4.69) is 0 Å². The highest BCUT2D eigenvalue weighted by molar-refractivity contribution is 7.91. The molecule has 0 aliphatic rings. The van der Waals surface area contributed by atoms with Crippen LogP contribution in [0.1, 0.15) is 9.67 Å². The molecule has 0 unspecified atom stereocenters. The number of sulfonamides is 2. The molecule has 0 atom stereocenters. The first-order chi connectivity index (χ1) is 8.12. The lowest BCUT2D eigenvalue weighted by Crippen LogP contribution is -2.31. The molecular formula is C7H10N2O6S3. The maximum atomic E-state index is 11.6. The summed E-state index contributed by atoms with van der Waals surface area (Å²) in [6.45, 7) is -0.374. The summed E-state index contributed by atoms with van der Waals surface area (Å²) in [5, 5.41) is 13.4. The molecule has 1 rings (SSSR count). The summed E-state index contributed by atoms with van der Waals surface area (Å²) < 4.78 is 46.3. The SMILES string of the molecule is NS(=O)(=O)CCNS(=O)(=O)c1ccc(C(=O)O)s1. The fourth-order valence-corrected chi connectivity index (χ4v) is 3.71. The minimum Gasteiger partial charge on any atom is -0.477 e. The van der Waals surface area contributed by atoms with E-state index < -0.39 is 31.8 Å². The number of hydrogen-bond donors (Lipinski definition) is 3. The summed E-state index contributed by atoms with van der Waals surface area (Å²) >= 11 is 0.575. The summed E-state index contributed by atoms with van der Waals surface area (Å²) in [6.07, 6.45) is 0. The maximum absolute atomic E-state index is 11.6. The summed E-state index contributed by atoms with van der Waals surface area (Å²) in [7, 11) is -7.66. The van der Waals surface area contributed by atoms with Gasteiger partial charge in [-0.15, -0.1) is 11.3 Å². The van der Waals surface area contributed by atoms with Crippen LogP contribution in [-0.4, -0.2) is 40.2 Å². The monoisotopic (exact) mass is 314 g/mol. The van der Waals surface area contributed by atoms with Crippen LogP contribution in [0.5, 0.6) is 0 Å². The van der Waals surface area contributed by atoms with Crippen molar-refractivity contribution in [3.63, 3.8) is 0 Å². The molecule has 0 saturated heterocycles. The van der Waals surface area contributed by atoms with E-state index in [0.717, 1.165) is 12.1 Å². The van der Waals surface area contributed by atoms with Crippen molar-refractivity contribution in [2.75, 3.05) is 12.3 Å². The normalized spacial score (nSPS) is 12.5. The predicted molar refractivity (Wildman–Crippen MR) is 64.4 cm³/mol. The molecular weight excluding hydrogens is 304 g/mol. The molecule has 0 saturated carbocycles. The minimum absolute atomic E-state index is 0.123. The van der Waals surface area contributed by atoms with Crippen LogP contribution < -0.4 is 9.86 Å². The van der Waals surface area contributed by atoms with Crippen LogP contribution in [0.2, 0.25) is 0 Å². The van der Waals surface area contributed by atoms with Crippen molar-refractivity contribution in [1.29, 1.82) is 0 Å². The Labute approximate surface area is 108 Å². The van der Waals surface area contributed by atoms with E-state index in [1.165, 1.54) is 0 Å². The topological polar surface area (TPSA) is 144 Å². The number of hydrogen-bond acceptors (Lipinski definition) is 6. The number of carbonyl (C=O) groups is 1. The lowest BCUT2D eigenvalue weighted by molar-refractivity contribution is 0.0702. The first-order valence-electron chi connectivity index (χ1n) is 4.45. The molecule has 0 amide bonds. The maximum Gasteiger partial charge on any atom is 0.345 e. The van der Waals surface area contributed by atoms with Crippen molar-refractivity contribution in [3.05, 3.63) is 17.0 Å². The predicted octanol–water partition coefficient (Wildman–Crippen LogP) is -0.987. The van der Waals surface area contributed by atoms with Gasteiger partial charge in [-0.05, 0) is 12.1 Å². The average Bonchev–Trinajstić information content (AvgIpc) is 2.63. The summed E-state index contributed by atoms with van der Waals surface area (Å²) in [5.41, 5.74) is 0. The molecule has 4 N–H and O–H groups in total. The van der Waals surface area contributed by atoms with Gasteiger partial charge >= 0.3 is 5.97 Å². The van der Waals surface area contributed by atoms with Crippen LogP contribution in [0.4, 0.5) is 0 Å². The molecule has 1 aromatic rings. The molecule has 0 radical (unpaired) electrons. The van der Waals surface area contributed by atoms with Gasteiger partial charge in [0.15, 0.2) is 0 Å². The Kier molecular flexibility index (Phi) is 4.45. The van der Waals surface area contributed by atoms with Crippen molar-refractivity contribution in [2.45, 2.75) is 4.21 Å². The van der Waals surface area contributed by atoms with Gasteiger partial charge in [0.25, 0.3) is 0 Å². The van der Waals surface area contributed by atoms with Crippen LogP contribution in [-0.2, 0) is 20.0 Å². The second kappa shape index (κ2) is 5.32. The number of carboxylic acids is 1. The Morgan fingerprint density at radius 2 is 1.94 bits per heavy atom. The van der Waals surface area contributed by atoms with E-state index >= 15 is 0 Å². The Balaban J connectivity index is 2.77. The zero-order valence-corrected chi connectivity index (χ0v) is 11.3. The first kappa shape index (κ1) is 15.0. The Bertz CT molecular complexity index is 644. The number of primary sulfonamides is 1. The highest BCUT2D eigenvalue weighted by atomic mass is 32.2. The highest BCUT2D eigenvalue weighted by Gasteiger charge is 2.19. The van der Waals surface area contributed by atoms with Gasteiger partial charge < -0.3 is 5.11 Å². The third-order valence-corrected chi connectivity index (χ3v) is 5.53. The van der Waals surface area contributed by atoms with E-state index in [0.29, 0.717) is 11.3 Å². The fraction of sp³-hybridized carbons (Fsp3) is 0.286. The molecule has 0 aliphatic heterocycles. The molecule has 8 nitrogen and oxygen atoms in total. The zero-order chi connectivity index (χ0) is 14.0. The van der Waals surface area contributed by atoms with Gasteiger partial charge in [-0.1, -0.05) is 0 Å². The van der Waals surface area contributed by atoms with Gasteiger partial charge in [-0.2, -0.15) is 0 Å². The van der Waals surface area contributed by atoms with Gasteiger partial charge in [-0.3, -0.25) is 0 Å². The standard InChI is InChI=1S/C7H10N2O6S3/c8-17(12,13)4-3-9-18(14,15)6-2-1-5(16-6)7(10)11/h1-2,9H,3-4H2,(H,10,11)(H2,8,12,13). The number of nitrogens with two attached hydrogens (primary N) is 1. The van der Waals surface area contributed by atoms with Crippen molar-refractivity contribution in [3.8, 4) is 0 Å². The Hall–Kier alpha value is -1.01. The molecule has 1 aromatic heterocycles. The van der Waals surface area contributed by atoms with Crippen molar-refractivity contribution >= 4 is 37.4 Å². The van der Waals surface area contributed by atoms with Crippen LogP contribution in [0.25, 0.3) is 0 Å². The largest absolute Gasteiger partial charge is 0.477 e. The Morgan fingerprint density at radius 1 is 1.33 bits per heavy atom. The van der Waals surface area contributed by atoms with Gasteiger partial charge in [0, 0.05) is 6.54 Å². The lowest BCUT2D eigenvalue weighted by Gasteiger charge is -2.03. The van der Waals surface area contributed by atoms with E-state index in [1.54, 1.807) is 0 Å². The number of rotatable bonds is 6. The number of carboxylic acid groups (broad SMARTS) is 1. The molecule has 0 spiro atoms. The number of aromatic carboxylic acids is 1. The Morgan fingerprint density at radius 3 is 2.39 bits per heavy atom. The molecule has 0 bridgehead atoms. The molecule has 0 aliphatic carbocycles. The number of nitrogens with one attached hydrogen (secondary N) is 1. The van der Waals surface area contributed by atoms with E-state index in [9.17, 15) is 21.6 Å². The van der Waals surface area contributed by atoms with Gasteiger partial charge in [-0.25, -0.2) is 31.5 Å². The van der Waals surface area contributed by atoms with E-state index in [1.807, 2.05) is 4.72 Å². The van der Waals surface area contributed by atoms with Gasteiger partial charge in [0.1, 0.15) is 9.09 Å². The van der Waals surface area contributed by atoms with Crippen LogP contribution in [0, 0.1) is 0 Å². The zero-order valence-electron chi connectivity index (χ0n) is 8.86. The van der Waals surface area contributed by atoms with E-state index in [4.69, 9.17) is 10.2 Å². The molecule has 102 valence electrons. The summed E-state index contributed by atoms with van der Waals surface area (Å²) in [5.74, 6) is -1.77. The molecule has 1 heterocycles. The first-order valence-corrected chi connectivity index (χ1v) is 8.46. The molecule has 11 heteroatoms. The fourth-order valence-electron chi connectivity index (χ4n) is 0.969. The number of thiophene rings is 1. The van der Waals surface area contributed by atoms with Crippen molar-refractivity contribution in [2.24, 2.45) is 5.14 Å². The summed E-state index contributed by atoms with van der Waals surface area (Å²) in [6, 6.07) is 2.29. The van der Waals surface area contributed by atoms with Gasteiger partial charge in [0.2, 0.25) is 20.0 Å². The summed E-state index contributed by atoms with van der Waals surface area (Å²) in [4.78, 5) is 10.5. The van der Waals surface area contributed by atoms with Crippen LogP contribution in [0.15, 0.2) is 16.3 Å². The van der Waals surface area contributed by atoms with Crippen LogP contribution >= 0.6 is 11.3 Å².